The van der Waals surface area contributed by atoms with Gasteiger partial charge in [0.15, 0.2) is 0 Å². The number of carbonyl (C=O) groups is 1. The van der Waals surface area contributed by atoms with E-state index in [1.807, 2.05) is 6.08 Å². The predicted molar refractivity (Wildman–Crippen MR) is 77.6 cm³/mol. The topological polar surface area (TPSA) is 38.3 Å². The third-order valence-electron chi connectivity index (χ3n) is 2.96. The Balaban J connectivity index is 2.02. The summed E-state index contributed by atoms with van der Waals surface area (Å²) in [6, 6.07) is 0. The highest BCUT2D eigenvalue weighted by atomic mass is 16.5. The van der Waals surface area contributed by atoms with Crippen molar-refractivity contribution in [1.29, 1.82) is 0 Å². The van der Waals surface area contributed by atoms with E-state index in [-0.39, 0.29) is 12.0 Å². The molecule has 0 spiro atoms. The van der Waals surface area contributed by atoms with E-state index in [0.29, 0.717) is 6.54 Å². The van der Waals surface area contributed by atoms with E-state index in [0.717, 1.165) is 45.1 Å². The molecule has 1 amide bonds. The highest BCUT2D eigenvalue weighted by molar-refractivity contribution is 5.87. The Kier molecular flexibility index (Phi) is 8.50. The molecular formula is C16H23NO2. The molecule has 0 aromatic carbocycles. The summed E-state index contributed by atoms with van der Waals surface area (Å²) in [5.41, 5.74) is 0. The number of nitrogens with one attached hydrogen (secondary N) is 1. The molecule has 1 atom stereocenters. The van der Waals surface area contributed by atoms with Gasteiger partial charge in [-0.2, -0.15) is 0 Å². The Morgan fingerprint density at radius 3 is 3.05 bits per heavy atom. The first-order chi connectivity index (χ1) is 9.33. The minimum atomic E-state index is -0.0625. The number of rotatable bonds is 8. The number of hydrogen-bond donors (Lipinski definition) is 1. The van der Waals surface area contributed by atoms with Gasteiger partial charge in [0.1, 0.15) is 0 Å². The SMILES string of the molecule is C#CCCCCC=CC=CC(=O)NCC1CCCO1. The van der Waals surface area contributed by atoms with Gasteiger partial charge in [0.2, 0.25) is 5.91 Å². The molecule has 1 aliphatic heterocycles. The zero-order chi connectivity index (χ0) is 13.8. The van der Waals surface area contributed by atoms with Gasteiger partial charge in [0, 0.05) is 25.6 Å². The zero-order valence-corrected chi connectivity index (χ0v) is 11.4. The van der Waals surface area contributed by atoms with Gasteiger partial charge in [0.25, 0.3) is 0 Å². The molecule has 0 bridgehead atoms. The first kappa shape index (κ1) is 15.5. The fraction of sp³-hybridized carbons (Fsp3) is 0.562. The van der Waals surface area contributed by atoms with E-state index >= 15 is 0 Å². The van der Waals surface area contributed by atoms with E-state index in [9.17, 15) is 4.79 Å². The summed E-state index contributed by atoms with van der Waals surface area (Å²) in [6.45, 7) is 1.43. The third-order valence-corrected chi connectivity index (χ3v) is 2.96. The van der Waals surface area contributed by atoms with Gasteiger partial charge in [-0.25, -0.2) is 0 Å². The Bertz CT molecular complexity index is 346. The van der Waals surface area contributed by atoms with Crippen LogP contribution in [0.15, 0.2) is 24.3 Å². The summed E-state index contributed by atoms with van der Waals surface area (Å²) < 4.78 is 5.43. The van der Waals surface area contributed by atoms with Crippen molar-refractivity contribution >= 4 is 5.91 Å². The number of allylic oxidation sites excluding steroid dienone is 3. The number of terminal acetylenes is 1. The van der Waals surface area contributed by atoms with Crippen LogP contribution < -0.4 is 5.32 Å². The fourth-order valence-corrected chi connectivity index (χ4v) is 1.89. The van der Waals surface area contributed by atoms with Gasteiger partial charge >= 0.3 is 0 Å². The number of carbonyl (C=O) groups excluding carboxylic acids is 1. The van der Waals surface area contributed by atoms with Crippen molar-refractivity contribution in [2.24, 2.45) is 0 Å². The molecule has 0 radical (unpaired) electrons. The van der Waals surface area contributed by atoms with Crippen LogP contribution in [0.2, 0.25) is 0 Å². The summed E-state index contributed by atoms with van der Waals surface area (Å²) in [5, 5.41) is 2.84. The van der Waals surface area contributed by atoms with Crippen LogP contribution in [0.1, 0.15) is 38.5 Å². The van der Waals surface area contributed by atoms with Crippen molar-refractivity contribution in [2.45, 2.75) is 44.6 Å². The molecule has 0 aliphatic carbocycles. The van der Waals surface area contributed by atoms with Crippen LogP contribution >= 0.6 is 0 Å². The van der Waals surface area contributed by atoms with Crippen molar-refractivity contribution < 1.29 is 9.53 Å². The summed E-state index contributed by atoms with van der Waals surface area (Å²) in [5.74, 6) is 2.56. The van der Waals surface area contributed by atoms with Crippen molar-refractivity contribution in [3.05, 3.63) is 24.3 Å². The largest absolute Gasteiger partial charge is 0.376 e. The molecule has 1 fully saturated rings. The maximum absolute atomic E-state index is 11.5. The van der Waals surface area contributed by atoms with Crippen LogP contribution in [0.25, 0.3) is 0 Å². The zero-order valence-electron chi connectivity index (χ0n) is 11.4. The summed E-state index contributed by atoms with van der Waals surface area (Å²) >= 11 is 0. The van der Waals surface area contributed by atoms with Gasteiger partial charge in [0.05, 0.1) is 6.10 Å². The van der Waals surface area contributed by atoms with Crippen LogP contribution in [0.3, 0.4) is 0 Å². The van der Waals surface area contributed by atoms with Gasteiger partial charge < -0.3 is 10.1 Å². The molecule has 0 aromatic heterocycles. The first-order valence-electron chi connectivity index (χ1n) is 6.99. The summed E-state index contributed by atoms with van der Waals surface area (Å²) in [7, 11) is 0. The molecule has 3 nitrogen and oxygen atoms in total. The minimum absolute atomic E-state index is 0.0625. The molecule has 1 heterocycles. The predicted octanol–water partition coefficient (Wildman–Crippen LogP) is 2.59. The number of amides is 1. The van der Waals surface area contributed by atoms with Crippen LogP contribution in [-0.4, -0.2) is 25.2 Å². The van der Waals surface area contributed by atoms with Gasteiger partial charge in [-0.3, -0.25) is 4.79 Å². The molecule has 1 unspecified atom stereocenters. The second kappa shape index (κ2) is 10.4. The minimum Gasteiger partial charge on any atom is -0.376 e. The second-order valence-electron chi connectivity index (χ2n) is 4.62. The summed E-state index contributed by atoms with van der Waals surface area (Å²) in [4.78, 5) is 11.5. The lowest BCUT2D eigenvalue weighted by Crippen LogP contribution is -2.30. The molecule has 1 rings (SSSR count). The number of hydrogen-bond acceptors (Lipinski definition) is 2. The normalized spacial score (nSPS) is 19.0. The van der Waals surface area contributed by atoms with E-state index in [1.54, 1.807) is 12.2 Å². The highest BCUT2D eigenvalue weighted by Gasteiger charge is 2.15. The third kappa shape index (κ3) is 8.23. The molecule has 0 aromatic rings. The van der Waals surface area contributed by atoms with Crippen molar-refractivity contribution in [2.75, 3.05) is 13.2 Å². The Hall–Kier alpha value is -1.53. The van der Waals surface area contributed by atoms with Crippen LogP contribution in [0.5, 0.6) is 0 Å². The van der Waals surface area contributed by atoms with Gasteiger partial charge in [-0.15, -0.1) is 12.3 Å². The Labute approximate surface area is 116 Å². The highest BCUT2D eigenvalue weighted by Crippen LogP contribution is 2.10. The van der Waals surface area contributed by atoms with E-state index in [1.165, 1.54) is 0 Å². The maximum atomic E-state index is 11.5. The maximum Gasteiger partial charge on any atom is 0.244 e. The Morgan fingerprint density at radius 1 is 1.42 bits per heavy atom. The second-order valence-corrected chi connectivity index (χ2v) is 4.62. The van der Waals surface area contributed by atoms with Crippen molar-refractivity contribution in [3.63, 3.8) is 0 Å². The average molecular weight is 261 g/mol. The monoisotopic (exact) mass is 261 g/mol. The molecule has 104 valence electrons. The molecule has 3 heteroatoms. The number of ether oxygens (including phenoxy) is 1. The van der Waals surface area contributed by atoms with E-state index in [4.69, 9.17) is 11.2 Å². The summed E-state index contributed by atoms with van der Waals surface area (Å²) in [6.07, 6.45) is 18.8. The average Bonchev–Trinajstić information content (AvgIpc) is 2.93. The Morgan fingerprint density at radius 2 is 2.32 bits per heavy atom. The van der Waals surface area contributed by atoms with Gasteiger partial charge in [-0.1, -0.05) is 18.2 Å². The van der Waals surface area contributed by atoms with E-state index < -0.39 is 0 Å². The fourth-order valence-electron chi connectivity index (χ4n) is 1.89. The van der Waals surface area contributed by atoms with Gasteiger partial charge in [-0.05, 0) is 32.1 Å². The molecular weight excluding hydrogens is 238 g/mol. The quantitative estimate of drug-likeness (QED) is 0.316. The van der Waals surface area contributed by atoms with Crippen molar-refractivity contribution in [1.82, 2.24) is 5.32 Å². The molecule has 1 saturated heterocycles. The van der Waals surface area contributed by atoms with Crippen LogP contribution in [0.4, 0.5) is 0 Å². The van der Waals surface area contributed by atoms with Crippen LogP contribution in [-0.2, 0) is 9.53 Å². The lowest BCUT2D eigenvalue weighted by molar-refractivity contribution is -0.117. The lowest BCUT2D eigenvalue weighted by Gasteiger charge is -2.08. The molecule has 1 aliphatic rings. The van der Waals surface area contributed by atoms with Crippen molar-refractivity contribution in [3.8, 4) is 12.3 Å². The lowest BCUT2D eigenvalue weighted by atomic mass is 10.2. The first-order valence-corrected chi connectivity index (χ1v) is 6.99. The van der Waals surface area contributed by atoms with E-state index in [2.05, 4.69) is 17.3 Å². The molecule has 1 N–H and O–H groups in total. The molecule has 19 heavy (non-hydrogen) atoms. The molecule has 0 saturated carbocycles. The number of unbranched alkanes of at least 4 members (excludes halogenated alkanes) is 3. The van der Waals surface area contributed by atoms with Crippen LogP contribution in [0, 0.1) is 12.3 Å². The smallest absolute Gasteiger partial charge is 0.244 e. The standard InChI is InChI=1S/C16H23NO2/c1-2-3-4-5-6-7-8-9-12-16(18)17-14-15-11-10-13-19-15/h1,7-9,12,15H,3-6,10-11,13-14H2,(H,17,18).